The van der Waals surface area contributed by atoms with E-state index in [-0.39, 0.29) is 5.91 Å². The van der Waals surface area contributed by atoms with Crippen molar-refractivity contribution in [1.29, 1.82) is 0 Å². The molecule has 1 aromatic carbocycles. The summed E-state index contributed by atoms with van der Waals surface area (Å²) in [6.45, 7) is 0.822. The van der Waals surface area contributed by atoms with Gasteiger partial charge in [0.15, 0.2) is 0 Å². The molecule has 1 aromatic heterocycles. The average molecular weight is 290 g/mol. The molecular weight excluding hydrogens is 276 g/mol. The minimum absolute atomic E-state index is 0.0381. The van der Waals surface area contributed by atoms with Gasteiger partial charge in [-0.2, -0.15) is 0 Å². The largest absolute Gasteiger partial charge is 0.491 e. The predicted octanol–water partition coefficient (Wildman–Crippen LogP) is 1.90. The first-order chi connectivity index (χ1) is 9.78. The maximum atomic E-state index is 12.2. The Balaban J connectivity index is 1.91. The van der Waals surface area contributed by atoms with Crippen molar-refractivity contribution in [2.24, 2.45) is 0 Å². The second kappa shape index (κ2) is 5.46. The van der Waals surface area contributed by atoms with Gasteiger partial charge in [-0.15, -0.1) is 10.2 Å². The van der Waals surface area contributed by atoms with Gasteiger partial charge in [0.05, 0.1) is 25.3 Å². The number of rotatable bonds is 3. The lowest BCUT2D eigenvalue weighted by atomic mass is 10.2. The van der Waals surface area contributed by atoms with Crippen LogP contribution in [0.3, 0.4) is 0 Å². The van der Waals surface area contributed by atoms with E-state index in [9.17, 15) is 4.79 Å². The Kier molecular flexibility index (Phi) is 3.51. The lowest BCUT2D eigenvalue weighted by molar-refractivity contribution is -0.118. The number of aromatic nitrogens is 2. The Morgan fingerprint density at radius 2 is 2.25 bits per heavy atom. The number of hydrogen-bond donors (Lipinski definition) is 1. The van der Waals surface area contributed by atoms with Gasteiger partial charge in [0, 0.05) is 7.05 Å². The molecule has 0 saturated carbocycles. The van der Waals surface area contributed by atoms with Gasteiger partial charge in [-0.3, -0.25) is 4.79 Å². The van der Waals surface area contributed by atoms with Crippen molar-refractivity contribution in [2.75, 3.05) is 23.9 Å². The van der Waals surface area contributed by atoms with Crippen LogP contribution in [0.25, 0.3) is 0 Å². The maximum Gasteiger partial charge on any atom is 0.230 e. The minimum Gasteiger partial charge on any atom is -0.491 e. The van der Waals surface area contributed by atoms with Gasteiger partial charge in [0.25, 0.3) is 0 Å². The fraction of sp³-hybridized carbons (Fsp3) is 0.308. The number of ether oxygens (including phenoxy) is 1. The van der Waals surface area contributed by atoms with Crippen molar-refractivity contribution >= 4 is 28.1 Å². The lowest BCUT2D eigenvalue weighted by Gasteiger charge is -2.20. The highest BCUT2D eigenvalue weighted by atomic mass is 32.1. The van der Waals surface area contributed by atoms with Crippen LogP contribution in [0.15, 0.2) is 24.3 Å². The molecule has 0 atom stereocenters. The molecule has 1 amide bonds. The molecule has 1 aliphatic heterocycles. The number of para-hydroxylation sites is 2. The Hall–Kier alpha value is -2.15. The molecule has 1 N–H and O–H groups in total. The molecule has 6 nitrogen and oxygen atoms in total. The quantitative estimate of drug-likeness (QED) is 0.935. The summed E-state index contributed by atoms with van der Waals surface area (Å²) < 4.78 is 5.61. The topological polar surface area (TPSA) is 67.4 Å². The Morgan fingerprint density at radius 3 is 3.05 bits per heavy atom. The van der Waals surface area contributed by atoms with Crippen molar-refractivity contribution in [1.82, 2.24) is 10.2 Å². The van der Waals surface area contributed by atoms with Gasteiger partial charge < -0.3 is 15.0 Å². The molecule has 0 unspecified atom stereocenters. The van der Waals surface area contributed by atoms with Crippen LogP contribution < -0.4 is 15.0 Å². The fourth-order valence-electron chi connectivity index (χ4n) is 2.05. The summed E-state index contributed by atoms with van der Waals surface area (Å²) in [5, 5.41) is 12.6. The van der Waals surface area contributed by atoms with E-state index in [2.05, 4.69) is 15.5 Å². The number of hydrogen-bond acceptors (Lipinski definition) is 6. The molecule has 0 fully saturated rings. The molecule has 0 spiro atoms. The molecular formula is C13H14N4O2S. The van der Waals surface area contributed by atoms with Gasteiger partial charge in [0.1, 0.15) is 10.8 Å². The first-order valence-electron chi connectivity index (χ1n) is 6.30. The summed E-state index contributed by atoms with van der Waals surface area (Å²) in [5.41, 5.74) is 0.788. The van der Waals surface area contributed by atoms with Crippen LogP contribution in [0.5, 0.6) is 5.75 Å². The number of nitrogens with one attached hydrogen (secondary N) is 1. The van der Waals surface area contributed by atoms with Crippen LogP contribution in [0.1, 0.15) is 11.4 Å². The molecule has 2 aromatic rings. The number of benzene rings is 1. The summed E-state index contributed by atoms with van der Waals surface area (Å²) in [5.74, 6) is 0.771. The summed E-state index contributed by atoms with van der Waals surface area (Å²) in [6.07, 6.45) is 0.367. The molecule has 0 radical (unpaired) electrons. The zero-order valence-electron chi connectivity index (χ0n) is 11.0. The smallest absolute Gasteiger partial charge is 0.230 e. The zero-order chi connectivity index (χ0) is 13.9. The standard InChI is InChI=1S/C13H14N4O2S/c1-14-13-16-15-11(20-13)8-17-9-4-2-3-5-10(9)19-7-6-12(17)18/h2-5H,6-8H2,1H3,(H,14,16). The third-order valence-corrected chi connectivity index (χ3v) is 3.93. The van der Waals surface area contributed by atoms with E-state index in [0.717, 1.165) is 21.6 Å². The van der Waals surface area contributed by atoms with Crippen molar-refractivity contribution in [2.45, 2.75) is 13.0 Å². The minimum atomic E-state index is 0.0381. The van der Waals surface area contributed by atoms with Crippen LogP contribution in [-0.2, 0) is 11.3 Å². The van der Waals surface area contributed by atoms with Gasteiger partial charge in [-0.05, 0) is 12.1 Å². The Morgan fingerprint density at radius 1 is 1.40 bits per heavy atom. The molecule has 20 heavy (non-hydrogen) atoms. The average Bonchev–Trinajstić information content (AvgIpc) is 2.87. The van der Waals surface area contributed by atoms with Crippen molar-refractivity contribution < 1.29 is 9.53 Å². The predicted molar refractivity (Wildman–Crippen MR) is 77.2 cm³/mol. The summed E-state index contributed by atoms with van der Waals surface area (Å²) in [6, 6.07) is 7.56. The van der Waals surface area contributed by atoms with Crippen molar-refractivity contribution in [3.63, 3.8) is 0 Å². The first kappa shape index (κ1) is 12.9. The van der Waals surface area contributed by atoms with Crippen LogP contribution in [0.4, 0.5) is 10.8 Å². The van der Waals surface area contributed by atoms with Gasteiger partial charge in [0.2, 0.25) is 11.0 Å². The van der Waals surface area contributed by atoms with E-state index in [4.69, 9.17) is 4.74 Å². The number of nitrogens with zero attached hydrogens (tertiary/aromatic N) is 3. The van der Waals surface area contributed by atoms with E-state index >= 15 is 0 Å². The highest BCUT2D eigenvalue weighted by Crippen LogP contribution is 2.32. The normalized spacial score (nSPS) is 14.4. The molecule has 2 heterocycles. The highest BCUT2D eigenvalue weighted by molar-refractivity contribution is 7.15. The van der Waals surface area contributed by atoms with E-state index in [1.54, 1.807) is 11.9 Å². The number of fused-ring (bicyclic) bond motifs is 1. The summed E-state index contributed by atoms with van der Waals surface area (Å²) in [7, 11) is 1.80. The van der Waals surface area contributed by atoms with Crippen LogP contribution in [0, 0.1) is 0 Å². The first-order valence-corrected chi connectivity index (χ1v) is 7.12. The zero-order valence-corrected chi connectivity index (χ0v) is 11.8. The molecule has 3 rings (SSSR count). The highest BCUT2D eigenvalue weighted by Gasteiger charge is 2.24. The van der Waals surface area contributed by atoms with Crippen LogP contribution in [0.2, 0.25) is 0 Å². The number of amides is 1. The fourth-order valence-corrected chi connectivity index (χ4v) is 2.73. The number of carbonyl (C=O) groups excluding carboxylic acids is 1. The monoisotopic (exact) mass is 290 g/mol. The number of carbonyl (C=O) groups is 1. The van der Waals surface area contributed by atoms with Gasteiger partial charge in [-0.25, -0.2) is 0 Å². The third-order valence-electron chi connectivity index (χ3n) is 3.00. The van der Waals surface area contributed by atoms with E-state index in [0.29, 0.717) is 19.6 Å². The molecule has 0 saturated heterocycles. The van der Waals surface area contributed by atoms with Crippen LogP contribution >= 0.6 is 11.3 Å². The Labute approximate surface area is 120 Å². The summed E-state index contributed by atoms with van der Waals surface area (Å²) in [4.78, 5) is 14.0. The van der Waals surface area contributed by atoms with E-state index in [1.807, 2.05) is 24.3 Å². The Bertz CT molecular complexity index is 628. The van der Waals surface area contributed by atoms with Gasteiger partial charge in [-0.1, -0.05) is 23.5 Å². The second-order valence-corrected chi connectivity index (χ2v) is 5.36. The van der Waals surface area contributed by atoms with E-state index < -0.39 is 0 Å². The lowest BCUT2D eigenvalue weighted by Crippen LogP contribution is -2.29. The van der Waals surface area contributed by atoms with Gasteiger partial charge >= 0.3 is 0 Å². The molecule has 7 heteroatoms. The molecule has 104 valence electrons. The SMILES string of the molecule is CNc1nnc(CN2C(=O)CCOc3ccccc32)s1. The van der Waals surface area contributed by atoms with Crippen molar-refractivity contribution in [3.05, 3.63) is 29.3 Å². The summed E-state index contributed by atoms with van der Waals surface area (Å²) >= 11 is 1.44. The van der Waals surface area contributed by atoms with Crippen molar-refractivity contribution in [3.8, 4) is 5.75 Å². The van der Waals surface area contributed by atoms with Crippen LogP contribution in [-0.4, -0.2) is 29.8 Å². The number of anilines is 2. The van der Waals surface area contributed by atoms with E-state index in [1.165, 1.54) is 11.3 Å². The molecule has 1 aliphatic rings. The third kappa shape index (κ3) is 2.44. The second-order valence-electron chi connectivity index (χ2n) is 4.30. The molecule has 0 bridgehead atoms. The maximum absolute atomic E-state index is 12.2. The molecule has 0 aliphatic carbocycles.